The van der Waals surface area contributed by atoms with Crippen LogP contribution in [-0.4, -0.2) is 45.1 Å². The molecule has 4 saturated carbocycles. The fraction of sp³-hybridized carbons (Fsp3) is 0.870. The third kappa shape index (κ3) is 2.57. The van der Waals surface area contributed by atoms with Crippen LogP contribution in [0.5, 0.6) is 0 Å². The van der Waals surface area contributed by atoms with Crippen molar-refractivity contribution in [3.05, 3.63) is 0 Å². The van der Waals surface area contributed by atoms with Gasteiger partial charge in [-0.05, 0) is 63.2 Å². The van der Waals surface area contributed by atoms with Gasteiger partial charge < -0.3 is 14.9 Å². The van der Waals surface area contributed by atoms with Crippen molar-refractivity contribution < 1.29 is 29.3 Å². The standard InChI is InChI=1S/C23H34O6/c1-13(24)22(27)10-7-18-16-11-19(29-14(2)25)23(28)12-15(26)5-8-21(23,4)17(16)6-9-20(18,22)3/h16-19,27-28H,5-12H2,1-4H3/t16-,17-,18-,19+,20+,21-,22-,23-/m0/s1. The van der Waals surface area contributed by atoms with Crippen molar-refractivity contribution in [2.75, 3.05) is 0 Å². The van der Waals surface area contributed by atoms with Gasteiger partial charge in [0.05, 0.1) is 0 Å². The van der Waals surface area contributed by atoms with E-state index in [1.54, 1.807) is 0 Å². The summed E-state index contributed by atoms with van der Waals surface area (Å²) in [4.78, 5) is 36.5. The van der Waals surface area contributed by atoms with Crippen LogP contribution in [0.3, 0.4) is 0 Å². The van der Waals surface area contributed by atoms with E-state index in [9.17, 15) is 24.6 Å². The Morgan fingerprint density at radius 1 is 1.00 bits per heavy atom. The average Bonchev–Trinajstić information content (AvgIpc) is 2.90. The Bertz CT molecular complexity index is 762. The molecule has 0 amide bonds. The van der Waals surface area contributed by atoms with Crippen LogP contribution in [-0.2, 0) is 19.1 Å². The second-order valence-corrected chi connectivity index (χ2v) is 10.7. The number of ether oxygens (including phenoxy) is 1. The molecular weight excluding hydrogens is 372 g/mol. The molecule has 0 aliphatic heterocycles. The van der Waals surface area contributed by atoms with Gasteiger partial charge in [0.2, 0.25) is 0 Å². The number of aliphatic hydroxyl groups is 2. The first-order chi connectivity index (χ1) is 13.4. The first-order valence-corrected chi connectivity index (χ1v) is 11.0. The van der Waals surface area contributed by atoms with Gasteiger partial charge in [-0.15, -0.1) is 0 Å². The van der Waals surface area contributed by atoms with Crippen molar-refractivity contribution in [2.24, 2.45) is 28.6 Å². The minimum absolute atomic E-state index is 0.0213. The number of Topliss-reactive ketones (excluding diaryl/α,β-unsaturated/α-hetero) is 2. The van der Waals surface area contributed by atoms with E-state index in [0.717, 1.165) is 19.3 Å². The lowest BCUT2D eigenvalue weighted by Crippen LogP contribution is -2.69. The van der Waals surface area contributed by atoms with Gasteiger partial charge in [0, 0.05) is 30.6 Å². The largest absolute Gasteiger partial charge is 0.459 e. The molecule has 162 valence electrons. The van der Waals surface area contributed by atoms with E-state index in [-0.39, 0.29) is 35.7 Å². The van der Waals surface area contributed by atoms with Gasteiger partial charge >= 0.3 is 5.97 Å². The molecule has 2 N–H and O–H groups in total. The second-order valence-electron chi connectivity index (χ2n) is 10.7. The molecule has 4 fully saturated rings. The summed E-state index contributed by atoms with van der Waals surface area (Å²) in [5.41, 5.74) is -3.69. The summed E-state index contributed by atoms with van der Waals surface area (Å²) < 4.78 is 5.64. The van der Waals surface area contributed by atoms with Gasteiger partial charge in [-0.1, -0.05) is 13.8 Å². The zero-order valence-corrected chi connectivity index (χ0v) is 18.0. The Kier molecular flexibility index (Phi) is 4.60. The highest BCUT2D eigenvalue weighted by molar-refractivity contribution is 5.86. The van der Waals surface area contributed by atoms with Crippen molar-refractivity contribution in [1.82, 2.24) is 0 Å². The number of hydrogen-bond acceptors (Lipinski definition) is 6. The van der Waals surface area contributed by atoms with E-state index in [1.165, 1.54) is 13.8 Å². The van der Waals surface area contributed by atoms with Gasteiger partial charge in [-0.3, -0.25) is 14.4 Å². The second kappa shape index (κ2) is 6.36. The van der Waals surface area contributed by atoms with Crippen LogP contribution in [0.25, 0.3) is 0 Å². The maximum absolute atomic E-state index is 12.4. The van der Waals surface area contributed by atoms with Gasteiger partial charge in [-0.2, -0.15) is 0 Å². The molecule has 4 aliphatic carbocycles. The molecule has 0 heterocycles. The maximum Gasteiger partial charge on any atom is 0.303 e. The number of hydrogen-bond donors (Lipinski definition) is 2. The summed E-state index contributed by atoms with van der Waals surface area (Å²) in [6.07, 6.45) is 3.56. The molecule has 0 aromatic heterocycles. The fourth-order valence-corrected chi connectivity index (χ4v) is 7.98. The van der Waals surface area contributed by atoms with Crippen molar-refractivity contribution in [3.8, 4) is 0 Å². The van der Waals surface area contributed by atoms with E-state index in [4.69, 9.17) is 4.74 Å². The quantitative estimate of drug-likeness (QED) is 0.684. The summed E-state index contributed by atoms with van der Waals surface area (Å²) in [7, 11) is 0. The molecule has 0 saturated heterocycles. The Balaban J connectivity index is 1.76. The number of esters is 1. The average molecular weight is 407 g/mol. The fourth-order valence-electron chi connectivity index (χ4n) is 7.98. The summed E-state index contributed by atoms with van der Waals surface area (Å²) in [6, 6.07) is 0. The number of rotatable bonds is 2. The molecule has 4 rings (SSSR count). The molecule has 0 spiro atoms. The summed E-state index contributed by atoms with van der Waals surface area (Å²) in [5, 5.41) is 23.0. The molecule has 8 atom stereocenters. The first kappa shape index (κ1) is 21.0. The molecule has 0 unspecified atom stereocenters. The molecule has 0 aromatic rings. The van der Waals surface area contributed by atoms with Crippen LogP contribution in [0.2, 0.25) is 0 Å². The first-order valence-electron chi connectivity index (χ1n) is 11.0. The number of carbonyl (C=O) groups excluding carboxylic acids is 3. The highest BCUT2D eigenvalue weighted by Gasteiger charge is 2.71. The molecule has 6 nitrogen and oxygen atoms in total. The third-order valence-electron chi connectivity index (χ3n) is 9.70. The SMILES string of the molecule is CC(=O)O[C@@H]1C[C@H]2[C@H](CC[C@]3(C)[C@H]2CC[C@]3(O)C(C)=O)[C@]2(C)CCC(=O)C[C@]12O. The number of carbonyl (C=O) groups is 3. The van der Waals surface area contributed by atoms with Crippen molar-refractivity contribution in [2.45, 2.75) is 96.4 Å². The van der Waals surface area contributed by atoms with Crippen LogP contribution < -0.4 is 0 Å². The lowest BCUT2D eigenvalue weighted by atomic mass is 9.42. The monoisotopic (exact) mass is 406 g/mol. The Morgan fingerprint density at radius 3 is 2.24 bits per heavy atom. The van der Waals surface area contributed by atoms with Gasteiger partial charge in [0.15, 0.2) is 5.78 Å². The van der Waals surface area contributed by atoms with E-state index in [1.807, 2.05) is 6.92 Å². The summed E-state index contributed by atoms with van der Waals surface area (Å²) >= 11 is 0. The lowest BCUT2D eigenvalue weighted by Gasteiger charge is -2.65. The molecule has 0 radical (unpaired) electrons. The predicted molar refractivity (Wildman–Crippen MR) is 105 cm³/mol. The highest BCUT2D eigenvalue weighted by Crippen LogP contribution is 2.69. The molecular formula is C23H34O6. The molecule has 6 heteroatoms. The number of fused-ring (bicyclic) bond motifs is 5. The van der Waals surface area contributed by atoms with Crippen LogP contribution in [0, 0.1) is 28.6 Å². The zero-order valence-electron chi connectivity index (χ0n) is 18.0. The zero-order chi connectivity index (χ0) is 21.4. The molecule has 0 bridgehead atoms. The Morgan fingerprint density at radius 2 is 1.62 bits per heavy atom. The molecule has 0 aromatic carbocycles. The van der Waals surface area contributed by atoms with E-state index < -0.39 is 34.1 Å². The topological polar surface area (TPSA) is 101 Å². The van der Waals surface area contributed by atoms with Crippen molar-refractivity contribution in [1.29, 1.82) is 0 Å². The summed E-state index contributed by atoms with van der Waals surface area (Å²) in [5.74, 6) is -0.142. The van der Waals surface area contributed by atoms with Crippen LogP contribution >= 0.6 is 0 Å². The normalized spacial score (nSPS) is 51.6. The Labute approximate surface area is 172 Å². The van der Waals surface area contributed by atoms with Gasteiger partial charge in [-0.25, -0.2) is 0 Å². The minimum atomic E-state index is -1.35. The van der Waals surface area contributed by atoms with Crippen LogP contribution in [0.4, 0.5) is 0 Å². The van der Waals surface area contributed by atoms with Gasteiger partial charge in [0.1, 0.15) is 23.1 Å². The smallest absolute Gasteiger partial charge is 0.303 e. The third-order valence-corrected chi connectivity index (χ3v) is 9.70. The molecule has 4 aliphatic rings. The van der Waals surface area contributed by atoms with Crippen LogP contribution in [0.15, 0.2) is 0 Å². The molecule has 29 heavy (non-hydrogen) atoms. The highest BCUT2D eigenvalue weighted by atomic mass is 16.6. The lowest BCUT2D eigenvalue weighted by molar-refractivity contribution is -0.258. The van der Waals surface area contributed by atoms with Crippen molar-refractivity contribution in [3.63, 3.8) is 0 Å². The number of ketones is 2. The van der Waals surface area contributed by atoms with E-state index >= 15 is 0 Å². The maximum atomic E-state index is 12.4. The van der Waals surface area contributed by atoms with Crippen LogP contribution in [0.1, 0.15) is 79.1 Å². The summed E-state index contributed by atoms with van der Waals surface area (Å²) in [6.45, 7) is 6.92. The van der Waals surface area contributed by atoms with E-state index in [0.29, 0.717) is 25.7 Å². The minimum Gasteiger partial charge on any atom is -0.459 e. The van der Waals surface area contributed by atoms with Crippen molar-refractivity contribution >= 4 is 17.5 Å². The van der Waals surface area contributed by atoms with Gasteiger partial charge in [0.25, 0.3) is 0 Å². The Hall–Kier alpha value is -1.27. The van der Waals surface area contributed by atoms with E-state index in [2.05, 4.69) is 6.92 Å². The predicted octanol–water partition coefficient (Wildman–Crippen LogP) is 2.57.